The molecular weight excluding hydrogens is 179 g/mol. The summed E-state index contributed by atoms with van der Waals surface area (Å²) in [4.78, 5) is 0. The molecule has 1 heterocycles. The fourth-order valence-corrected chi connectivity index (χ4v) is 2.31. The van der Waals surface area contributed by atoms with E-state index in [0.29, 0.717) is 8.52 Å². The van der Waals surface area contributed by atoms with Crippen LogP contribution in [-0.2, 0) is 0 Å². The SMILES string of the molecule is CC1(C)C#CC(C)(C)CN(P=N)C1. The van der Waals surface area contributed by atoms with E-state index in [1.54, 1.807) is 0 Å². The molecule has 2 nitrogen and oxygen atoms in total. The third-order valence-electron chi connectivity index (χ3n) is 2.04. The summed E-state index contributed by atoms with van der Waals surface area (Å²) in [5.74, 6) is 6.59. The Morgan fingerprint density at radius 3 is 1.77 bits per heavy atom. The van der Waals surface area contributed by atoms with E-state index in [-0.39, 0.29) is 10.8 Å². The van der Waals surface area contributed by atoms with Crippen molar-refractivity contribution in [3.63, 3.8) is 0 Å². The van der Waals surface area contributed by atoms with Crippen molar-refractivity contribution in [2.45, 2.75) is 27.7 Å². The molecule has 0 amide bonds. The van der Waals surface area contributed by atoms with Crippen LogP contribution in [0.5, 0.6) is 0 Å². The van der Waals surface area contributed by atoms with Gasteiger partial charge in [0, 0.05) is 23.9 Å². The Kier molecular flexibility index (Phi) is 2.80. The predicted molar refractivity (Wildman–Crippen MR) is 56.6 cm³/mol. The summed E-state index contributed by atoms with van der Waals surface area (Å²) in [5, 5.41) is 7.39. The lowest BCUT2D eigenvalue weighted by Gasteiger charge is -2.25. The van der Waals surface area contributed by atoms with Gasteiger partial charge in [-0.15, -0.1) is 0 Å². The lowest BCUT2D eigenvalue weighted by molar-refractivity contribution is 0.298. The van der Waals surface area contributed by atoms with E-state index in [1.807, 2.05) is 0 Å². The van der Waals surface area contributed by atoms with Crippen LogP contribution in [0.25, 0.3) is 0 Å². The van der Waals surface area contributed by atoms with Gasteiger partial charge in [-0.2, -0.15) is 0 Å². The van der Waals surface area contributed by atoms with E-state index < -0.39 is 0 Å². The largest absolute Gasteiger partial charge is 0.269 e. The molecule has 0 aliphatic carbocycles. The van der Waals surface area contributed by atoms with E-state index in [4.69, 9.17) is 5.16 Å². The lowest BCUT2D eigenvalue weighted by atomic mass is 9.92. The average molecular weight is 196 g/mol. The van der Waals surface area contributed by atoms with Crippen molar-refractivity contribution in [3.8, 4) is 11.8 Å². The summed E-state index contributed by atoms with van der Waals surface area (Å²) in [6.45, 7) is 10.3. The topological polar surface area (TPSA) is 27.1 Å². The molecule has 0 saturated heterocycles. The summed E-state index contributed by atoms with van der Waals surface area (Å²) in [6.07, 6.45) is 0. The summed E-state index contributed by atoms with van der Waals surface area (Å²) in [6, 6.07) is 0. The van der Waals surface area contributed by atoms with Crippen LogP contribution in [0, 0.1) is 27.8 Å². The molecule has 0 fully saturated rings. The van der Waals surface area contributed by atoms with Gasteiger partial charge in [0.1, 0.15) is 0 Å². The Bertz CT molecular complexity index is 248. The van der Waals surface area contributed by atoms with Gasteiger partial charge in [0.05, 0.1) is 8.52 Å². The Morgan fingerprint density at radius 1 is 1.08 bits per heavy atom. The van der Waals surface area contributed by atoms with Crippen molar-refractivity contribution in [3.05, 3.63) is 0 Å². The van der Waals surface area contributed by atoms with Gasteiger partial charge in [-0.3, -0.25) is 5.16 Å². The second-order valence-electron chi connectivity index (χ2n) is 4.94. The van der Waals surface area contributed by atoms with Gasteiger partial charge in [-0.25, -0.2) is 4.67 Å². The molecule has 0 bridgehead atoms. The molecule has 13 heavy (non-hydrogen) atoms. The number of rotatable bonds is 1. The summed E-state index contributed by atoms with van der Waals surface area (Å²) >= 11 is 0. The van der Waals surface area contributed by atoms with Crippen molar-refractivity contribution in [2.75, 3.05) is 13.1 Å². The number of hydrogen-bond donors (Lipinski definition) is 1. The first-order chi connectivity index (χ1) is 5.85. The van der Waals surface area contributed by atoms with E-state index in [2.05, 4.69) is 44.2 Å². The minimum absolute atomic E-state index is 0.0296. The number of hydrogen-bond acceptors (Lipinski definition) is 1. The Morgan fingerprint density at radius 2 is 1.46 bits per heavy atom. The second kappa shape index (κ2) is 3.40. The van der Waals surface area contributed by atoms with Gasteiger partial charge in [-0.05, 0) is 27.7 Å². The summed E-state index contributed by atoms with van der Waals surface area (Å²) in [7, 11) is 0.603. The molecule has 0 aromatic rings. The minimum atomic E-state index is 0.0296. The van der Waals surface area contributed by atoms with Gasteiger partial charge < -0.3 is 0 Å². The maximum absolute atomic E-state index is 7.39. The van der Waals surface area contributed by atoms with Gasteiger partial charge in [-0.1, -0.05) is 11.8 Å². The van der Waals surface area contributed by atoms with E-state index >= 15 is 0 Å². The van der Waals surface area contributed by atoms with Crippen molar-refractivity contribution in [1.82, 2.24) is 4.67 Å². The summed E-state index contributed by atoms with van der Waals surface area (Å²) in [5.41, 5.74) is 0.0592. The molecule has 1 rings (SSSR count). The number of nitrogens with one attached hydrogen (secondary N) is 1. The molecule has 0 spiro atoms. The third-order valence-corrected chi connectivity index (χ3v) is 2.60. The zero-order valence-corrected chi connectivity index (χ0v) is 9.70. The quantitative estimate of drug-likeness (QED) is 0.506. The minimum Gasteiger partial charge on any atom is -0.269 e. The average Bonchev–Trinajstić information content (AvgIpc) is 2.08. The molecular formula is C10H17N2P. The highest BCUT2D eigenvalue weighted by Crippen LogP contribution is 2.28. The van der Waals surface area contributed by atoms with Crippen LogP contribution < -0.4 is 0 Å². The Balaban J connectivity index is 2.92. The zero-order valence-electron chi connectivity index (χ0n) is 8.81. The normalized spacial score (nSPS) is 26.2. The van der Waals surface area contributed by atoms with Crippen LogP contribution in [0.1, 0.15) is 27.7 Å². The highest BCUT2D eigenvalue weighted by Gasteiger charge is 2.28. The Hall–Kier alpha value is -0.380. The monoisotopic (exact) mass is 196 g/mol. The molecule has 1 aliphatic rings. The fraction of sp³-hybridized carbons (Fsp3) is 0.800. The van der Waals surface area contributed by atoms with Crippen molar-refractivity contribution >= 4 is 8.52 Å². The molecule has 3 heteroatoms. The zero-order chi connectivity index (χ0) is 10.1. The molecule has 0 aromatic heterocycles. The molecule has 0 aromatic carbocycles. The molecule has 1 aliphatic heterocycles. The summed E-state index contributed by atoms with van der Waals surface area (Å²) < 4.78 is 2.12. The van der Waals surface area contributed by atoms with Crippen LogP contribution in [0.15, 0.2) is 0 Å². The van der Waals surface area contributed by atoms with E-state index in [0.717, 1.165) is 13.1 Å². The molecule has 0 saturated carbocycles. The highest BCUT2D eigenvalue weighted by molar-refractivity contribution is 7.22. The molecule has 72 valence electrons. The van der Waals surface area contributed by atoms with Crippen molar-refractivity contribution in [2.24, 2.45) is 10.8 Å². The van der Waals surface area contributed by atoms with Crippen molar-refractivity contribution < 1.29 is 0 Å². The van der Waals surface area contributed by atoms with Gasteiger partial charge in [0.2, 0.25) is 0 Å². The van der Waals surface area contributed by atoms with Crippen LogP contribution in [0.2, 0.25) is 0 Å². The maximum atomic E-state index is 7.39. The molecule has 1 N–H and O–H groups in total. The standard InChI is InChI=1S/C10H17N2P/c1-9(2)5-6-10(3,4)8-12(7-9)13-11/h11H,7-8H2,1-4H3. The first kappa shape index (κ1) is 10.7. The lowest BCUT2D eigenvalue weighted by Crippen LogP contribution is -2.30. The van der Waals surface area contributed by atoms with Crippen LogP contribution >= 0.6 is 8.52 Å². The molecule has 0 unspecified atom stereocenters. The molecule has 0 radical (unpaired) electrons. The predicted octanol–water partition coefficient (Wildman–Crippen LogP) is 2.98. The first-order valence-electron chi connectivity index (χ1n) is 4.51. The second-order valence-corrected chi connectivity index (χ2v) is 5.71. The van der Waals surface area contributed by atoms with Gasteiger partial charge in [0.25, 0.3) is 0 Å². The maximum Gasteiger partial charge on any atom is 0.0904 e. The van der Waals surface area contributed by atoms with Gasteiger partial charge in [0.15, 0.2) is 0 Å². The smallest absolute Gasteiger partial charge is 0.0904 e. The van der Waals surface area contributed by atoms with Crippen molar-refractivity contribution in [1.29, 1.82) is 5.16 Å². The fourth-order valence-electron chi connectivity index (χ4n) is 1.46. The van der Waals surface area contributed by atoms with Crippen LogP contribution in [0.3, 0.4) is 0 Å². The van der Waals surface area contributed by atoms with E-state index in [1.165, 1.54) is 0 Å². The first-order valence-corrected chi connectivity index (χ1v) is 5.36. The molecule has 0 atom stereocenters. The van der Waals surface area contributed by atoms with E-state index in [9.17, 15) is 0 Å². The van der Waals surface area contributed by atoms with Crippen LogP contribution in [0.4, 0.5) is 0 Å². The Labute approximate surface area is 82.4 Å². The number of nitrogens with zero attached hydrogens (tertiary/aromatic N) is 1. The highest BCUT2D eigenvalue weighted by atomic mass is 31.1. The van der Waals surface area contributed by atoms with Crippen LogP contribution in [-0.4, -0.2) is 17.8 Å². The van der Waals surface area contributed by atoms with Gasteiger partial charge >= 0.3 is 0 Å². The third kappa shape index (κ3) is 3.10.